The zero-order valence-electron chi connectivity index (χ0n) is 9.98. The van der Waals surface area contributed by atoms with Crippen LogP contribution in [0.15, 0.2) is 45.3 Å². The lowest BCUT2D eigenvalue weighted by Gasteiger charge is -2.09. The molecule has 104 valence electrons. The number of ether oxygens (including phenoxy) is 1. The number of nitro groups is 1. The maximum atomic E-state index is 10.9. The van der Waals surface area contributed by atoms with E-state index in [-0.39, 0.29) is 5.69 Å². The van der Waals surface area contributed by atoms with Crippen molar-refractivity contribution in [2.24, 2.45) is 0 Å². The van der Waals surface area contributed by atoms with Gasteiger partial charge in [-0.05, 0) is 39.7 Å². The standard InChI is InChI=1S/C13H8Br2ClNO3/c14-10-6-9(5-4-8(10)7-16)20-12-3-1-2-11(13(12)15)17(18)19/h1-6H,7H2. The second-order valence-corrected chi connectivity index (χ2v) is 5.75. The third kappa shape index (κ3) is 3.31. The Morgan fingerprint density at radius 3 is 2.60 bits per heavy atom. The van der Waals surface area contributed by atoms with Crippen LogP contribution in [0.3, 0.4) is 0 Å². The van der Waals surface area contributed by atoms with Gasteiger partial charge in [0.2, 0.25) is 0 Å². The van der Waals surface area contributed by atoms with Crippen molar-refractivity contribution in [2.45, 2.75) is 5.88 Å². The van der Waals surface area contributed by atoms with E-state index < -0.39 is 4.92 Å². The van der Waals surface area contributed by atoms with Crippen LogP contribution in [0, 0.1) is 10.1 Å². The molecule has 0 atom stereocenters. The van der Waals surface area contributed by atoms with Gasteiger partial charge in [-0.25, -0.2) is 0 Å². The van der Waals surface area contributed by atoms with Crippen molar-refractivity contribution in [2.75, 3.05) is 0 Å². The van der Waals surface area contributed by atoms with Crippen LogP contribution in [0.25, 0.3) is 0 Å². The second kappa shape index (κ2) is 6.56. The SMILES string of the molecule is O=[N+]([O-])c1cccc(Oc2ccc(CCl)c(Br)c2)c1Br. The van der Waals surface area contributed by atoms with E-state index in [1.54, 1.807) is 24.3 Å². The van der Waals surface area contributed by atoms with Crippen LogP contribution in [0.2, 0.25) is 0 Å². The minimum atomic E-state index is -0.469. The normalized spacial score (nSPS) is 10.3. The number of hydrogen-bond acceptors (Lipinski definition) is 3. The summed E-state index contributed by atoms with van der Waals surface area (Å²) in [6.07, 6.45) is 0. The summed E-state index contributed by atoms with van der Waals surface area (Å²) >= 11 is 12.4. The number of nitro benzene ring substituents is 1. The van der Waals surface area contributed by atoms with Gasteiger partial charge in [-0.2, -0.15) is 0 Å². The third-order valence-corrected chi connectivity index (χ3v) is 4.36. The van der Waals surface area contributed by atoms with Crippen molar-refractivity contribution < 1.29 is 9.66 Å². The molecule has 0 aromatic heterocycles. The van der Waals surface area contributed by atoms with Crippen LogP contribution in [-0.2, 0) is 5.88 Å². The summed E-state index contributed by atoms with van der Waals surface area (Å²) in [7, 11) is 0. The molecule has 0 spiro atoms. The van der Waals surface area contributed by atoms with Gasteiger partial charge in [0.1, 0.15) is 16.0 Å². The van der Waals surface area contributed by atoms with Crippen molar-refractivity contribution >= 4 is 49.1 Å². The Hall–Kier alpha value is -1.11. The van der Waals surface area contributed by atoms with E-state index in [2.05, 4.69) is 31.9 Å². The number of halogens is 3. The molecule has 0 saturated carbocycles. The van der Waals surface area contributed by atoms with Crippen LogP contribution in [0.5, 0.6) is 11.5 Å². The predicted octanol–water partition coefficient (Wildman–Crippen LogP) is 5.65. The lowest BCUT2D eigenvalue weighted by Crippen LogP contribution is -1.92. The highest BCUT2D eigenvalue weighted by atomic mass is 79.9. The van der Waals surface area contributed by atoms with Crippen molar-refractivity contribution in [3.8, 4) is 11.5 Å². The molecule has 0 amide bonds. The van der Waals surface area contributed by atoms with E-state index in [1.165, 1.54) is 6.07 Å². The van der Waals surface area contributed by atoms with Crippen molar-refractivity contribution in [3.05, 3.63) is 61.0 Å². The molecular weight excluding hydrogens is 413 g/mol. The summed E-state index contributed by atoms with van der Waals surface area (Å²) in [6, 6.07) is 9.98. The predicted molar refractivity (Wildman–Crippen MR) is 84.6 cm³/mol. The highest BCUT2D eigenvalue weighted by Crippen LogP contribution is 2.37. The van der Waals surface area contributed by atoms with Crippen molar-refractivity contribution in [1.29, 1.82) is 0 Å². The van der Waals surface area contributed by atoms with E-state index in [0.29, 0.717) is 21.9 Å². The van der Waals surface area contributed by atoms with Gasteiger partial charge in [0.25, 0.3) is 5.69 Å². The highest BCUT2D eigenvalue weighted by molar-refractivity contribution is 9.11. The molecule has 0 fully saturated rings. The number of rotatable bonds is 4. The Morgan fingerprint density at radius 1 is 1.25 bits per heavy atom. The Labute approximate surface area is 137 Å². The molecule has 0 bridgehead atoms. The molecule has 0 aliphatic heterocycles. The van der Waals surface area contributed by atoms with Crippen LogP contribution in [0.1, 0.15) is 5.56 Å². The van der Waals surface area contributed by atoms with Gasteiger partial charge in [0.15, 0.2) is 0 Å². The molecule has 20 heavy (non-hydrogen) atoms. The molecule has 0 heterocycles. The first kappa shape index (κ1) is 15.3. The summed E-state index contributed by atoms with van der Waals surface area (Å²) in [5.74, 6) is 1.33. The zero-order chi connectivity index (χ0) is 14.7. The quantitative estimate of drug-likeness (QED) is 0.364. The Kier molecular flexibility index (Phi) is 5.01. The first-order valence-electron chi connectivity index (χ1n) is 5.48. The molecule has 7 heteroatoms. The Morgan fingerprint density at radius 2 is 2.00 bits per heavy atom. The number of hydrogen-bond donors (Lipinski definition) is 0. The van der Waals surface area contributed by atoms with E-state index in [1.807, 2.05) is 6.07 Å². The zero-order valence-corrected chi connectivity index (χ0v) is 13.9. The maximum absolute atomic E-state index is 10.9. The third-order valence-electron chi connectivity index (χ3n) is 2.54. The molecule has 0 radical (unpaired) electrons. The summed E-state index contributed by atoms with van der Waals surface area (Å²) in [5.41, 5.74) is 0.899. The lowest BCUT2D eigenvalue weighted by atomic mass is 10.2. The molecular formula is C13H8Br2ClNO3. The average molecular weight is 421 g/mol. The van der Waals surface area contributed by atoms with Gasteiger partial charge in [0.05, 0.1) is 4.92 Å². The average Bonchev–Trinajstić information content (AvgIpc) is 2.41. The summed E-state index contributed by atoms with van der Waals surface area (Å²) in [5, 5.41) is 10.9. The van der Waals surface area contributed by atoms with Gasteiger partial charge in [-0.1, -0.05) is 28.1 Å². The molecule has 0 aliphatic rings. The highest BCUT2D eigenvalue weighted by Gasteiger charge is 2.16. The molecule has 0 N–H and O–H groups in total. The van der Waals surface area contributed by atoms with Crippen LogP contribution in [-0.4, -0.2) is 4.92 Å². The Balaban J connectivity index is 2.33. The first-order chi connectivity index (χ1) is 9.52. The summed E-state index contributed by atoms with van der Waals surface area (Å²) < 4.78 is 6.79. The largest absolute Gasteiger partial charge is 0.456 e. The molecule has 2 aromatic carbocycles. The number of benzene rings is 2. The molecule has 4 nitrogen and oxygen atoms in total. The van der Waals surface area contributed by atoms with Gasteiger partial charge < -0.3 is 4.74 Å². The van der Waals surface area contributed by atoms with Gasteiger partial charge >= 0.3 is 0 Å². The van der Waals surface area contributed by atoms with E-state index >= 15 is 0 Å². The monoisotopic (exact) mass is 419 g/mol. The molecule has 0 unspecified atom stereocenters. The molecule has 2 aromatic rings. The van der Waals surface area contributed by atoms with E-state index in [9.17, 15) is 10.1 Å². The fourth-order valence-electron chi connectivity index (χ4n) is 1.55. The van der Waals surface area contributed by atoms with Gasteiger partial charge in [-0.15, -0.1) is 11.6 Å². The van der Waals surface area contributed by atoms with Gasteiger partial charge in [0, 0.05) is 16.4 Å². The van der Waals surface area contributed by atoms with E-state index in [0.717, 1.165) is 10.0 Å². The fraction of sp³-hybridized carbons (Fsp3) is 0.0769. The van der Waals surface area contributed by atoms with Crippen LogP contribution >= 0.6 is 43.5 Å². The maximum Gasteiger partial charge on any atom is 0.287 e. The van der Waals surface area contributed by atoms with Gasteiger partial charge in [-0.3, -0.25) is 10.1 Å². The first-order valence-corrected chi connectivity index (χ1v) is 7.60. The smallest absolute Gasteiger partial charge is 0.287 e. The fourth-order valence-corrected chi connectivity index (χ4v) is 2.93. The number of alkyl halides is 1. The summed E-state index contributed by atoms with van der Waals surface area (Å²) in [4.78, 5) is 10.4. The van der Waals surface area contributed by atoms with E-state index in [4.69, 9.17) is 16.3 Å². The lowest BCUT2D eigenvalue weighted by molar-refractivity contribution is -0.385. The number of nitrogens with zero attached hydrogens (tertiary/aromatic N) is 1. The van der Waals surface area contributed by atoms with Crippen LogP contribution in [0.4, 0.5) is 5.69 Å². The Bertz CT molecular complexity index is 664. The summed E-state index contributed by atoms with van der Waals surface area (Å²) in [6.45, 7) is 0. The second-order valence-electron chi connectivity index (χ2n) is 3.84. The molecule has 0 saturated heterocycles. The molecule has 0 aliphatic carbocycles. The minimum absolute atomic E-state index is 0.0426. The van der Waals surface area contributed by atoms with Crippen molar-refractivity contribution in [1.82, 2.24) is 0 Å². The van der Waals surface area contributed by atoms with Crippen molar-refractivity contribution in [3.63, 3.8) is 0 Å². The van der Waals surface area contributed by atoms with Crippen LogP contribution < -0.4 is 4.74 Å². The topological polar surface area (TPSA) is 52.4 Å². The minimum Gasteiger partial charge on any atom is -0.456 e. The molecule has 2 rings (SSSR count).